The molecule has 3 rings (SSSR count). The number of furan rings is 1. The van der Waals surface area contributed by atoms with E-state index in [0.717, 1.165) is 67.7 Å². The average molecular weight is 527 g/mol. The van der Waals surface area contributed by atoms with E-state index >= 15 is 0 Å². The maximum Gasteiger partial charge on any atom is 0.161 e. The van der Waals surface area contributed by atoms with Crippen LogP contribution >= 0.6 is 0 Å². The predicted molar refractivity (Wildman–Crippen MR) is 151 cm³/mol. The summed E-state index contributed by atoms with van der Waals surface area (Å²) in [5, 5.41) is 32.7. The number of phenolic OH excluding ortho intramolecular Hbond substituents is 1. The molecule has 0 aliphatic heterocycles. The SMILES string of the molecule is CCCCc1ccc(CCc2ccc(O)c(OCCc3cc(C(C)C(CCCO)NCC(C)O)c[nH]3)c2)o1. The molecule has 5 N–H and O–H groups in total. The molecule has 0 spiro atoms. The quantitative estimate of drug-likeness (QED) is 0.154. The first-order chi connectivity index (χ1) is 18.4. The molecule has 0 amide bonds. The van der Waals surface area contributed by atoms with E-state index in [2.05, 4.69) is 42.3 Å². The van der Waals surface area contributed by atoms with Gasteiger partial charge in [-0.25, -0.2) is 0 Å². The van der Waals surface area contributed by atoms with E-state index in [-0.39, 0.29) is 24.3 Å². The molecule has 7 heteroatoms. The van der Waals surface area contributed by atoms with Gasteiger partial charge in [-0.15, -0.1) is 0 Å². The van der Waals surface area contributed by atoms with E-state index in [0.29, 0.717) is 25.3 Å². The van der Waals surface area contributed by atoms with Gasteiger partial charge >= 0.3 is 0 Å². The number of rotatable bonds is 18. The summed E-state index contributed by atoms with van der Waals surface area (Å²) < 4.78 is 11.9. The number of nitrogens with one attached hydrogen (secondary N) is 2. The van der Waals surface area contributed by atoms with Gasteiger partial charge in [0.2, 0.25) is 0 Å². The van der Waals surface area contributed by atoms with Crippen molar-refractivity contribution in [2.45, 2.75) is 90.2 Å². The number of aliphatic hydroxyl groups is 2. The number of hydrogen-bond donors (Lipinski definition) is 5. The molecule has 0 saturated heterocycles. The predicted octanol–water partition coefficient (Wildman–Crippen LogP) is 5.28. The molecule has 38 heavy (non-hydrogen) atoms. The highest BCUT2D eigenvalue weighted by Gasteiger charge is 2.20. The van der Waals surface area contributed by atoms with E-state index in [1.165, 1.54) is 5.56 Å². The molecule has 210 valence electrons. The van der Waals surface area contributed by atoms with Gasteiger partial charge in [-0.2, -0.15) is 0 Å². The molecule has 3 unspecified atom stereocenters. The summed E-state index contributed by atoms with van der Waals surface area (Å²) in [6.45, 7) is 7.24. The minimum atomic E-state index is -0.416. The zero-order chi connectivity index (χ0) is 27.3. The number of aliphatic hydroxyl groups excluding tert-OH is 2. The zero-order valence-corrected chi connectivity index (χ0v) is 23.2. The number of aryl methyl sites for hydroxylation is 3. The summed E-state index contributed by atoms with van der Waals surface area (Å²) in [6.07, 6.45) is 8.76. The lowest BCUT2D eigenvalue weighted by molar-refractivity contribution is 0.180. The summed E-state index contributed by atoms with van der Waals surface area (Å²) in [4.78, 5) is 3.35. The van der Waals surface area contributed by atoms with E-state index < -0.39 is 6.10 Å². The fourth-order valence-corrected chi connectivity index (χ4v) is 4.67. The second-order valence-corrected chi connectivity index (χ2v) is 10.3. The Morgan fingerprint density at radius 2 is 1.79 bits per heavy atom. The first-order valence-corrected chi connectivity index (χ1v) is 14.1. The number of ether oxygens (including phenoxy) is 1. The first kappa shape index (κ1) is 29.8. The van der Waals surface area contributed by atoms with Crippen LogP contribution in [0.3, 0.4) is 0 Å². The zero-order valence-electron chi connectivity index (χ0n) is 23.2. The summed E-state index contributed by atoms with van der Waals surface area (Å²) in [5.41, 5.74) is 3.34. The highest BCUT2D eigenvalue weighted by atomic mass is 16.5. The highest BCUT2D eigenvalue weighted by molar-refractivity contribution is 5.42. The van der Waals surface area contributed by atoms with Crippen LogP contribution in [0.5, 0.6) is 11.5 Å². The third-order valence-electron chi connectivity index (χ3n) is 7.05. The van der Waals surface area contributed by atoms with E-state index in [9.17, 15) is 15.3 Å². The van der Waals surface area contributed by atoms with Crippen LogP contribution in [-0.2, 0) is 25.7 Å². The molecule has 2 heterocycles. The molecule has 1 aromatic carbocycles. The average Bonchev–Trinajstić information content (AvgIpc) is 3.57. The first-order valence-electron chi connectivity index (χ1n) is 14.1. The molecule has 3 atom stereocenters. The van der Waals surface area contributed by atoms with Crippen molar-refractivity contribution in [3.8, 4) is 11.5 Å². The van der Waals surface area contributed by atoms with Crippen LogP contribution in [0.4, 0.5) is 0 Å². The van der Waals surface area contributed by atoms with Crippen molar-refractivity contribution in [2.75, 3.05) is 19.8 Å². The van der Waals surface area contributed by atoms with E-state index in [1.54, 1.807) is 13.0 Å². The van der Waals surface area contributed by atoms with Crippen molar-refractivity contribution in [2.24, 2.45) is 0 Å². The van der Waals surface area contributed by atoms with Crippen LogP contribution in [0, 0.1) is 0 Å². The Hall–Kier alpha value is -2.74. The number of phenols is 1. The van der Waals surface area contributed by atoms with Gasteiger partial charge < -0.3 is 34.8 Å². The van der Waals surface area contributed by atoms with Gasteiger partial charge in [0.05, 0.1) is 12.7 Å². The maximum absolute atomic E-state index is 10.3. The minimum Gasteiger partial charge on any atom is -0.504 e. The molecule has 0 saturated carbocycles. The number of aromatic amines is 1. The van der Waals surface area contributed by atoms with Gasteiger partial charge in [0.1, 0.15) is 11.5 Å². The molecule has 0 bridgehead atoms. The summed E-state index contributed by atoms with van der Waals surface area (Å²) in [6, 6.07) is 12.0. The minimum absolute atomic E-state index is 0.144. The van der Waals surface area contributed by atoms with E-state index in [1.807, 2.05) is 18.3 Å². The van der Waals surface area contributed by atoms with Crippen molar-refractivity contribution >= 4 is 0 Å². The van der Waals surface area contributed by atoms with Gasteiger partial charge in [0.15, 0.2) is 11.5 Å². The number of benzene rings is 1. The van der Waals surface area contributed by atoms with Crippen molar-refractivity contribution < 1.29 is 24.5 Å². The van der Waals surface area contributed by atoms with Crippen LogP contribution in [0.2, 0.25) is 0 Å². The Morgan fingerprint density at radius 3 is 2.53 bits per heavy atom. The number of aromatic nitrogens is 1. The fourth-order valence-electron chi connectivity index (χ4n) is 4.67. The van der Waals surface area contributed by atoms with Crippen LogP contribution in [0.25, 0.3) is 0 Å². The van der Waals surface area contributed by atoms with Gasteiger partial charge in [0.25, 0.3) is 0 Å². The number of unbranched alkanes of at least 4 members (excludes halogenated alkanes) is 1. The topological polar surface area (TPSA) is 111 Å². The summed E-state index contributed by atoms with van der Waals surface area (Å²) >= 11 is 0. The van der Waals surface area contributed by atoms with Crippen LogP contribution in [-0.4, -0.2) is 52.2 Å². The monoisotopic (exact) mass is 526 g/mol. The number of H-pyrrole nitrogens is 1. The second-order valence-electron chi connectivity index (χ2n) is 10.3. The van der Waals surface area contributed by atoms with Gasteiger partial charge in [-0.1, -0.05) is 26.3 Å². The number of hydrogen-bond acceptors (Lipinski definition) is 6. The van der Waals surface area contributed by atoms with Crippen LogP contribution in [0.15, 0.2) is 47.0 Å². The Kier molecular flexibility index (Phi) is 12.3. The lowest BCUT2D eigenvalue weighted by atomic mass is 9.91. The normalized spacial score (nSPS) is 13.9. The van der Waals surface area contributed by atoms with Gasteiger partial charge in [-0.05, 0) is 80.0 Å². The molecule has 3 aromatic rings. The Morgan fingerprint density at radius 1 is 1.00 bits per heavy atom. The standard InChI is InChI=1S/C31H46N2O5/c1-4-5-7-27-12-13-28(38-27)11-9-24-10-14-30(36)31(18-24)37-17-15-26-19-25(21-32-26)23(3)29(8-6-16-34)33-20-22(2)35/h10,12-14,18-19,21-23,29,32-36H,4-9,11,15-17,20H2,1-3H3. The van der Waals surface area contributed by atoms with Crippen molar-refractivity contribution in [1.82, 2.24) is 10.3 Å². The fraction of sp³-hybridized carbons (Fsp3) is 0.548. The van der Waals surface area contributed by atoms with Crippen LogP contribution < -0.4 is 10.1 Å². The molecule has 0 aliphatic carbocycles. The highest BCUT2D eigenvalue weighted by Crippen LogP contribution is 2.28. The third-order valence-corrected chi connectivity index (χ3v) is 7.05. The molecule has 2 aromatic heterocycles. The van der Waals surface area contributed by atoms with Gasteiger partial charge in [0, 0.05) is 50.3 Å². The number of aromatic hydroxyl groups is 1. The largest absolute Gasteiger partial charge is 0.504 e. The molecular weight excluding hydrogens is 480 g/mol. The maximum atomic E-state index is 10.3. The lowest BCUT2D eigenvalue weighted by Gasteiger charge is -2.25. The van der Waals surface area contributed by atoms with Crippen molar-refractivity contribution in [3.63, 3.8) is 0 Å². The summed E-state index contributed by atoms with van der Waals surface area (Å²) in [5.74, 6) is 2.91. The van der Waals surface area contributed by atoms with Crippen molar-refractivity contribution in [3.05, 3.63) is 70.9 Å². The summed E-state index contributed by atoms with van der Waals surface area (Å²) in [7, 11) is 0. The smallest absolute Gasteiger partial charge is 0.161 e. The molecule has 0 radical (unpaired) electrons. The van der Waals surface area contributed by atoms with E-state index in [4.69, 9.17) is 9.15 Å². The Balaban J connectivity index is 1.50. The van der Waals surface area contributed by atoms with Gasteiger partial charge in [-0.3, -0.25) is 0 Å². The Bertz CT molecular complexity index is 1070. The molecule has 0 aliphatic rings. The van der Waals surface area contributed by atoms with Crippen LogP contribution in [0.1, 0.15) is 80.7 Å². The lowest BCUT2D eigenvalue weighted by Crippen LogP contribution is -2.38. The third kappa shape index (κ3) is 9.53. The second kappa shape index (κ2) is 15.6. The van der Waals surface area contributed by atoms with Crippen molar-refractivity contribution in [1.29, 1.82) is 0 Å². The molecule has 0 fully saturated rings. The Labute approximate surface area is 227 Å². The molecular formula is C31H46N2O5. The molecule has 7 nitrogen and oxygen atoms in total.